The molecule has 10 nitrogen and oxygen atoms in total. The third kappa shape index (κ3) is 5.06. The van der Waals surface area contributed by atoms with Gasteiger partial charge in [-0.15, -0.1) is 11.8 Å². The molecule has 2 atom stereocenters. The fourth-order valence-electron chi connectivity index (χ4n) is 2.78. The van der Waals surface area contributed by atoms with Gasteiger partial charge in [0.25, 0.3) is 5.91 Å². The SMILES string of the molecule is C=C1CSC(C(C=O)NC(=O)CNC(=O)c2cc3cc(Cl)c(O)cc3oc2=O)N=C1C=O. The number of rotatable bonds is 7. The molecule has 0 fully saturated rings. The summed E-state index contributed by atoms with van der Waals surface area (Å²) < 4.78 is 5.01. The van der Waals surface area contributed by atoms with Crippen molar-refractivity contribution >= 4 is 64.4 Å². The Hall–Kier alpha value is -3.44. The molecule has 1 aromatic heterocycles. The normalized spacial score (nSPS) is 16.7. The van der Waals surface area contributed by atoms with E-state index in [1.807, 2.05) is 0 Å². The molecule has 32 heavy (non-hydrogen) atoms. The molecular weight excluding hydrogens is 462 g/mol. The zero-order valence-corrected chi connectivity index (χ0v) is 17.9. The van der Waals surface area contributed by atoms with E-state index < -0.39 is 35.4 Å². The summed E-state index contributed by atoms with van der Waals surface area (Å²) in [6, 6.07) is 2.64. The van der Waals surface area contributed by atoms with Crippen LogP contribution in [0.3, 0.4) is 0 Å². The molecule has 0 saturated heterocycles. The minimum atomic E-state index is -1.03. The highest BCUT2D eigenvalue weighted by atomic mass is 35.5. The van der Waals surface area contributed by atoms with Crippen LogP contribution in [0.5, 0.6) is 5.75 Å². The van der Waals surface area contributed by atoms with Crippen molar-refractivity contribution in [3.8, 4) is 5.75 Å². The van der Waals surface area contributed by atoms with Crippen molar-refractivity contribution in [2.75, 3.05) is 12.3 Å². The number of phenols is 1. The van der Waals surface area contributed by atoms with Crippen LogP contribution in [0.4, 0.5) is 0 Å². The van der Waals surface area contributed by atoms with Gasteiger partial charge in [-0.2, -0.15) is 0 Å². The second kappa shape index (κ2) is 9.79. The highest BCUT2D eigenvalue weighted by molar-refractivity contribution is 8.00. The number of nitrogens with zero attached hydrogens (tertiary/aromatic N) is 1. The lowest BCUT2D eigenvalue weighted by Crippen LogP contribution is -2.48. The van der Waals surface area contributed by atoms with E-state index in [1.165, 1.54) is 23.9 Å². The number of hydrogen-bond acceptors (Lipinski definition) is 9. The number of nitrogens with one attached hydrogen (secondary N) is 2. The first-order chi connectivity index (χ1) is 15.2. The van der Waals surface area contributed by atoms with Crippen LogP contribution in [0.15, 0.2) is 44.6 Å². The van der Waals surface area contributed by atoms with Crippen LogP contribution >= 0.6 is 23.4 Å². The zero-order chi connectivity index (χ0) is 23.4. The van der Waals surface area contributed by atoms with Crippen LogP contribution in [0.2, 0.25) is 5.02 Å². The van der Waals surface area contributed by atoms with E-state index in [9.17, 15) is 29.1 Å². The lowest BCUT2D eigenvalue weighted by Gasteiger charge is -2.24. The summed E-state index contributed by atoms with van der Waals surface area (Å²) in [4.78, 5) is 63.2. The number of aldehydes is 2. The molecule has 0 radical (unpaired) electrons. The first-order valence-corrected chi connectivity index (χ1v) is 10.5. The summed E-state index contributed by atoms with van der Waals surface area (Å²) in [6.45, 7) is 3.16. The molecule has 2 unspecified atom stereocenters. The third-order valence-electron chi connectivity index (χ3n) is 4.41. The highest BCUT2D eigenvalue weighted by Gasteiger charge is 2.27. The Morgan fingerprint density at radius 1 is 1.38 bits per heavy atom. The van der Waals surface area contributed by atoms with E-state index in [4.69, 9.17) is 16.0 Å². The first-order valence-electron chi connectivity index (χ1n) is 9.05. The van der Waals surface area contributed by atoms with Gasteiger partial charge in [0.1, 0.15) is 40.3 Å². The van der Waals surface area contributed by atoms with E-state index in [2.05, 4.69) is 22.2 Å². The average molecular weight is 478 g/mol. The van der Waals surface area contributed by atoms with Crippen molar-refractivity contribution in [2.24, 2.45) is 4.99 Å². The molecule has 12 heteroatoms. The fraction of sp³-hybridized carbons (Fsp3) is 0.200. The largest absolute Gasteiger partial charge is 0.506 e. The van der Waals surface area contributed by atoms with Gasteiger partial charge in [-0.1, -0.05) is 18.2 Å². The Bertz CT molecular complexity index is 1220. The van der Waals surface area contributed by atoms with E-state index in [-0.39, 0.29) is 27.6 Å². The van der Waals surface area contributed by atoms with Crippen molar-refractivity contribution < 1.29 is 28.7 Å². The van der Waals surface area contributed by atoms with Crippen LogP contribution in [-0.2, 0) is 14.4 Å². The van der Waals surface area contributed by atoms with Gasteiger partial charge in [0, 0.05) is 17.2 Å². The van der Waals surface area contributed by atoms with Gasteiger partial charge in [-0.25, -0.2) is 4.79 Å². The van der Waals surface area contributed by atoms with Gasteiger partial charge in [-0.3, -0.25) is 19.4 Å². The van der Waals surface area contributed by atoms with Crippen LogP contribution in [0, 0.1) is 0 Å². The Balaban J connectivity index is 1.66. The Labute approximate surface area is 189 Å². The quantitative estimate of drug-likeness (QED) is 0.391. The second-order valence-electron chi connectivity index (χ2n) is 6.64. The maximum atomic E-state index is 12.4. The number of halogens is 1. The maximum absolute atomic E-state index is 12.4. The molecular formula is C20H16ClN3O7S. The van der Waals surface area contributed by atoms with E-state index >= 15 is 0 Å². The summed E-state index contributed by atoms with van der Waals surface area (Å²) in [5, 5.41) is 13.9. The number of amides is 2. The van der Waals surface area contributed by atoms with E-state index in [0.29, 0.717) is 29.3 Å². The smallest absolute Gasteiger partial charge is 0.349 e. The molecule has 166 valence electrons. The van der Waals surface area contributed by atoms with Gasteiger partial charge >= 0.3 is 5.63 Å². The molecule has 2 aromatic rings. The summed E-state index contributed by atoms with van der Waals surface area (Å²) in [5.74, 6) is -1.50. The lowest BCUT2D eigenvalue weighted by atomic mass is 10.1. The Morgan fingerprint density at radius 3 is 2.81 bits per heavy atom. The molecule has 0 aliphatic carbocycles. The van der Waals surface area contributed by atoms with Crippen molar-refractivity contribution in [1.29, 1.82) is 0 Å². The molecule has 2 heterocycles. The van der Waals surface area contributed by atoms with Gasteiger partial charge in [0.05, 0.1) is 11.6 Å². The molecule has 2 amide bonds. The first kappa shape index (κ1) is 23.2. The predicted molar refractivity (Wildman–Crippen MR) is 118 cm³/mol. The van der Waals surface area contributed by atoms with Gasteiger partial charge < -0.3 is 25.0 Å². The van der Waals surface area contributed by atoms with Crippen LogP contribution < -0.4 is 16.3 Å². The molecule has 1 aliphatic heterocycles. The summed E-state index contributed by atoms with van der Waals surface area (Å²) in [5.41, 5.74) is -0.671. The zero-order valence-electron chi connectivity index (χ0n) is 16.3. The van der Waals surface area contributed by atoms with E-state index in [1.54, 1.807) is 0 Å². The van der Waals surface area contributed by atoms with Crippen LogP contribution in [0.25, 0.3) is 11.0 Å². The standard InChI is InChI=1S/C20H16ClN3O7S/c1-9-8-32-19(24-13(9)6-25)14(7-26)23-17(28)5-22-18(29)11-2-10-3-12(21)15(27)4-16(10)31-20(11)30/h2-4,6-7,14,19,27H,1,5,8H2,(H,22,29)(H,23,28). The Morgan fingerprint density at radius 2 is 2.12 bits per heavy atom. The van der Waals surface area contributed by atoms with Crippen molar-refractivity contribution in [2.45, 2.75) is 11.4 Å². The minimum absolute atomic E-state index is 0.00143. The molecule has 3 rings (SSSR count). The number of aromatic hydroxyl groups is 1. The molecule has 0 saturated carbocycles. The van der Waals surface area contributed by atoms with Crippen LogP contribution in [-0.4, -0.2) is 58.9 Å². The molecule has 0 bridgehead atoms. The predicted octanol–water partition coefficient (Wildman–Crippen LogP) is 0.835. The number of carbonyl (C=O) groups is 4. The van der Waals surface area contributed by atoms with Gasteiger partial charge in [0.2, 0.25) is 5.91 Å². The lowest BCUT2D eigenvalue weighted by molar-refractivity contribution is -0.123. The summed E-state index contributed by atoms with van der Waals surface area (Å²) >= 11 is 7.06. The number of thioether (sulfide) groups is 1. The second-order valence-corrected chi connectivity index (χ2v) is 8.15. The number of aliphatic imine (C=N–C) groups is 1. The van der Waals surface area contributed by atoms with Crippen molar-refractivity contribution in [1.82, 2.24) is 10.6 Å². The third-order valence-corrected chi connectivity index (χ3v) is 5.96. The fourth-order valence-corrected chi connectivity index (χ4v) is 3.99. The minimum Gasteiger partial charge on any atom is -0.506 e. The monoisotopic (exact) mass is 477 g/mol. The average Bonchev–Trinajstić information content (AvgIpc) is 2.77. The molecule has 0 spiro atoms. The number of fused-ring (bicyclic) bond motifs is 1. The molecule has 1 aromatic carbocycles. The summed E-state index contributed by atoms with van der Waals surface area (Å²) in [7, 11) is 0. The maximum Gasteiger partial charge on any atom is 0.349 e. The number of hydrogen-bond donors (Lipinski definition) is 3. The molecule has 3 N–H and O–H groups in total. The van der Waals surface area contributed by atoms with Crippen LogP contribution in [0.1, 0.15) is 10.4 Å². The number of benzene rings is 1. The topological polar surface area (TPSA) is 155 Å². The Kier molecular flexibility index (Phi) is 7.11. The summed E-state index contributed by atoms with van der Waals surface area (Å²) in [6.07, 6.45) is 1.01. The highest BCUT2D eigenvalue weighted by Crippen LogP contribution is 2.28. The number of carbonyl (C=O) groups excluding carboxylic acids is 4. The van der Waals surface area contributed by atoms with Gasteiger partial charge in [0.15, 0.2) is 6.29 Å². The van der Waals surface area contributed by atoms with Crippen molar-refractivity contribution in [3.05, 3.63) is 51.4 Å². The van der Waals surface area contributed by atoms with E-state index in [0.717, 1.165) is 6.07 Å². The molecule has 1 aliphatic rings. The van der Waals surface area contributed by atoms with Gasteiger partial charge in [-0.05, 0) is 17.7 Å². The van der Waals surface area contributed by atoms with Crippen molar-refractivity contribution in [3.63, 3.8) is 0 Å². The number of phenolic OH excluding ortho intramolecular Hbond substituents is 1.